The smallest absolute Gasteiger partial charge is 0.322 e. The Kier molecular flexibility index (Phi) is 4.89. The summed E-state index contributed by atoms with van der Waals surface area (Å²) < 4.78 is 53.9. The van der Waals surface area contributed by atoms with Gasteiger partial charge < -0.3 is 5.11 Å². The van der Waals surface area contributed by atoms with Crippen LogP contribution in [0.25, 0.3) is 0 Å². The fraction of sp³-hybridized carbons (Fsp3) is 0.533. The van der Waals surface area contributed by atoms with E-state index in [4.69, 9.17) is 0 Å². The summed E-state index contributed by atoms with van der Waals surface area (Å²) in [4.78, 5) is 10.7. The molecule has 0 radical (unpaired) electrons. The Morgan fingerprint density at radius 2 is 1.48 bits per heavy atom. The lowest BCUT2D eigenvalue weighted by molar-refractivity contribution is -0.140. The van der Waals surface area contributed by atoms with Crippen LogP contribution in [0.4, 0.5) is 0 Å². The lowest BCUT2D eigenvalue weighted by atomic mass is 10.2. The van der Waals surface area contributed by atoms with Crippen LogP contribution in [-0.2, 0) is 24.8 Å². The first-order valence-electron chi connectivity index (χ1n) is 8.10. The number of rotatable bonds is 5. The van der Waals surface area contributed by atoms with Gasteiger partial charge in [-0.3, -0.25) is 4.79 Å². The molecule has 1 aromatic rings. The van der Waals surface area contributed by atoms with Crippen molar-refractivity contribution >= 4 is 26.0 Å². The molecule has 0 spiro atoms. The molecule has 0 aromatic heterocycles. The predicted octanol–water partition coefficient (Wildman–Crippen LogP) is 0.709. The van der Waals surface area contributed by atoms with Gasteiger partial charge in [0.25, 0.3) is 0 Å². The minimum atomic E-state index is -4.23. The maximum absolute atomic E-state index is 13.0. The minimum absolute atomic E-state index is 0.0669. The molecule has 3 rings (SSSR count). The second kappa shape index (κ2) is 6.67. The molecule has 2 fully saturated rings. The molecule has 2 aliphatic rings. The Balaban J connectivity index is 2.08. The third-order valence-corrected chi connectivity index (χ3v) is 8.66. The van der Waals surface area contributed by atoms with E-state index < -0.39 is 32.1 Å². The molecule has 1 N–H and O–H groups in total. The van der Waals surface area contributed by atoms with E-state index in [0.717, 1.165) is 17.1 Å². The molecule has 0 bridgehead atoms. The molecule has 0 aliphatic carbocycles. The van der Waals surface area contributed by atoms with E-state index in [1.165, 1.54) is 28.6 Å². The number of aliphatic carboxylic acids is 1. The van der Waals surface area contributed by atoms with Crippen molar-refractivity contribution < 1.29 is 26.7 Å². The van der Waals surface area contributed by atoms with E-state index in [-0.39, 0.29) is 22.8 Å². The highest BCUT2D eigenvalue weighted by molar-refractivity contribution is 7.92. The largest absolute Gasteiger partial charge is 0.480 e. The third kappa shape index (κ3) is 3.19. The normalized spacial score (nSPS) is 23.1. The van der Waals surface area contributed by atoms with Crippen LogP contribution in [0, 0.1) is 0 Å². The Morgan fingerprint density at radius 1 is 0.920 bits per heavy atom. The quantitative estimate of drug-likeness (QED) is 0.795. The highest BCUT2D eigenvalue weighted by Crippen LogP contribution is 2.32. The first-order valence-corrected chi connectivity index (χ1v) is 11.0. The minimum Gasteiger partial charge on any atom is -0.480 e. The lowest BCUT2D eigenvalue weighted by Gasteiger charge is -2.23. The number of carboxylic acid groups (broad SMARTS) is 1. The molecular weight excluding hydrogens is 368 g/mol. The molecule has 10 heteroatoms. The van der Waals surface area contributed by atoms with Crippen molar-refractivity contribution in [3.8, 4) is 0 Å². The van der Waals surface area contributed by atoms with Crippen LogP contribution in [-0.4, -0.2) is 62.2 Å². The molecule has 0 saturated carbocycles. The number of nitrogens with zero attached hydrogens (tertiary/aromatic N) is 2. The summed E-state index contributed by atoms with van der Waals surface area (Å²) in [5.41, 5.74) is 0. The van der Waals surface area contributed by atoms with E-state index >= 15 is 0 Å². The van der Waals surface area contributed by atoms with Crippen molar-refractivity contribution in [3.05, 3.63) is 24.3 Å². The monoisotopic (exact) mass is 388 g/mol. The zero-order valence-electron chi connectivity index (χ0n) is 13.5. The van der Waals surface area contributed by atoms with Crippen LogP contribution in [0.15, 0.2) is 34.1 Å². The summed E-state index contributed by atoms with van der Waals surface area (Å²) in [6.45, 7) is 0.785. The van der Waals surface area contributed by atoms with Crippen LogP contribution < -0.4 is 0 Å². The molecule has 1 unspecified atom stereocenters. The van der Waals surface area contributed by atoms with E-state index in [0.29, 0.717) is 19.5 Å². The topological polar surface area (TPSA) is 112 Å². The summed E-state index contributed by atoms with van der Waals surface area (Å²) in [6.07, 6.45) is 2.12. The number of carbonyl (C=O) groups is 1. The van der Waals surface area contributed by atoms with Crippen LogP contribution in [0.1, 0.15) is 25.7 Å². The third-order valence-electron chi connectivity index (χ3n) is 4.61. The number of benzene rings is 1. The van der Waals surface area contributed by atoms with Gasteiger partial charge in [0.05, 0.1) is 0 Å². The average molecular weight is 388 g/mol. The first-order chi connectivity index (χ1) is 11.8. The number of carboxylic acids is 1. The molecule has 25 heavy (non-hydrogen) atoms. The standard InChI is InChI=1S/C15H20N2O6S2/c18-15(19)12-6-5-11-17(12)25(22,23)14-8-2-1-7-13(14)24(20,21)16-9-3-4-10-16/h1-2,7-8,12H,3-6,9-11H2,(H,18,19). The molecule has 0 amide bonds. The van der Waals surface area contributed by atoms with Gasteiger partial charge in [-0.1, -0.05) is 12.1 Å². The van der Waals surface area contributed by atoms with Crippen LogP contribution >= 0.6 is 0 Å². The van der Waals surface area contributed by atoms with Gasteiger partial charge in [-0.15, -0.1) is 0 Å². The lowest BCUT2D eigenvalue weighted by Crippen LogP contribution is -2.41. The molecule has 138 valence electrons. The van der Waals surface area contributed by atoms with E-state index in [1.54, 1.807) is 0 Å². The van der Waals surface area contributed by atoms with Crippen LogP contribution in [0.5, 0.6) is 0 Å². The zero-order valence-corrected chi connectivity index (χ0v) is 15.2. The fourth-order valence-electron chi connectivity index (χ4n) is 3.34. The zero-order chi connectivity index (χ0) is 18.2. The van der Waals surface area contributed by atoms with Gasteiger partial charge in [-0.2, -0.15) is 8.61 Å². The molecule has 1 atom stereocenters. The summed E-state index contributed by atoms with van der Waals surface area (Å²) >= 11 is 0. The van der Waals surface area contributed by atoms with Gasteiger partial charge >= 0.3 is 5.97 Å². The number of hydrogen-bond acceptors (Lipinski definition) is 5. The molecule has 8 nitrogen and oxygen atoms in total. The van der Waals surface area contributed by atoms with Crippen LogP contribution in [0.2, 0.25) is 0 Å². The van der Waals surface area contributed by atoms with Crippen molar-refractivity contribution in [2.24, 2.45) is 0 Å². The van der Waals surface area contributed by atoms with Crippen LogP contribution in [0.3, 0.4) is 0 Å². The van der Waals surface area contributed by atoms with E-state index in [9.17, 15) is 26.7 Å². The summed E-state index contributed by atoms with van der Waals surface area (Å²) in [5, 5.41) is 9.26. The SMILES string of the molecule is O=C(O)C1CCCN1S(=O)(=O)c1ccccc1S(=O)(=O)N1CCCC1. The van der Waals surface area contributed by atoms with Crippen molar-refractivity contribution in [2.75, 3.05) is 19.6 Å². The van der Waals surface area contributed by atoms with Gasteiger partial charge in [0.1, 0.15) is 15.8 Å². The summed E-state index contributed by atoms with van der Waals surface area (Å²) in [6, 6.07) is 4.26. The van der Waals surface area contributed by atoms with Crippen molar-refractivity contribution in [2.45, 2.75) is 41.5 Å². The highest BCUT2D eigenvalue weighted by Gasteiger charge is 2.42. The fourth-order valence-corrected chi connectivity index (χ4v) is 7.29. The Bertz CT molecular complexity index is 875. The first kappa shape index (κ1) is 18.3. The van der Waals surface area contributed by atoms with Gasteiger partial charge in [0.15, 0.2) is 0 Å². The Morgan fingerprint density at radius 3 is 2.04 bits per heavy atom. The highest BCUT2D eigenvalue weighted by atomic mass is 32.2. The van der Waals surface area contributed by atoms with E-state index in [1.807, 2.05) is 0 Å². The van der Waals surface area contributed by atoms with Gasteiger partial charge in [0.2, 0.25) is 20.0 Å². The maximum Gasteiger partial charge on any atom is 0.322 e. The van der Waals surface area contributed by atoms with Crippen molar-refractivity contribution in [1.82, 2.24) is 8.61 Å². The predicted molar refractivity (Wildman–Crippen MR) is 89.0 cm³/mol. The molecule has 2 saturated heterocycles. The maximum atomic E-state index is 13.0. The van der Waals surface area contributed by atoms with Crippen molar-refractivity contribution in [3.63, 3.8) is 0 Å². The molecule has 2 heterocycles. The second-order valence-corrected chi connectivity index (χ2v) is 9.94. The molecule has 1 aromatic carbocycles. The van der Waals surface area contributed by atoms with Crippen molar-refractivity contribution in [1.29, 1.82) is 0 Å². The van der Waals surface area contributed by atoms with Gasteiger partial charge in [0, 0.05) is 19.6 Å². The second-order valence-electron chi connectivity index (χ2n) is 6.17. The van der Waals surface area contributed by atoms with E-state index in [2.05, 4.69) is 0 Å². The molecular formula is C15H20N2O6S2. The number of hydrogen-bond donors (Lipinski definition) is 1. The number of sulfonamides is 2. The van der Waals surface area contributed by atoms with Gasteiger partial charge in [-0.25, -0.2) is 16.8 Å². The molecule has 2 aliphatic heterocycles. The Hall–Kier alpha value is -1.49. The summed E-state index contributed by atoms with van der Waals surface area (Å²) in [5.74, 6) is -1.22. The Labute approximate surface area is 147 Å². The average Bonchev–Trinajstić information content (AvgIpc) is 3.26. The van der Waals surface area contributed by atoms with Gasteiger partial charge in [-0.05, 0) is 37.8 Å². The summed E-state index contributed by atoms with van der Waals surface area (Å²) in [7, 11) is -8.17.